The summed E-state index contributed by atoms with van der Waals surface area (Å²) in [4.78, 5) is 13.1. The molecule has 0 amide bonds. The van der Waals surface area contributed by atoms with Crippen LogP contribution >= 0.6 is 0 Å². The first-order valence-corrected chi connectivity index (χ1v) is 12.5. The minimum absolute atomic E-state index is 0.00748. The zero-order valence-corrected chi connectivity index (χ0v) is 22.4. The third kappa shape index (κ3) is 4.20. The van der Waals surface area contributed by atoms with Crippen LogP contribution in [0.25, 0.3) is 11.0 Å². The van der Waals surface area contributed by atoms with E-state index in [-0.39, 0.29) is 22.8 Å². The molecule has 0 aliphatic carbocycles. The fourth-order valence-corrected chi connectivity index (χ4v) is 4.88. The van der Waals surface area contributed by atoms with Gasteiger partial charge in [0, 0.05) is 22.6 Å². The molecule has 0 bridgehead atoms. The average molecular weight is 507 g/mol. The Morgan fingerprint density at radius 1 is 1.00 bits per heavy atom. The van der Waals surface area contributed by atoms with Crippen molar-refractivity contribution < 1.29 is 18.7 Å². The van der Waals surface area contributed by atoms with Gasteiger partial charge in [-0.25, -0.2) is 4.79 Å². The Bertz CT molecular complexity index is 1660. The van der Waals surface area contributed by atoms with E-state index in [1.165, 1.54) is 5.56 Å². The van der Waals surface area contributed by atoms with Gasteiger partial charge in [-0.1, -0.05) is 63.2 Å². The lowest BCUT2D eigenvalue weighted by Crippen LogP contribution is -2.21. The lowest BCUT2D eigenvalue weighted by atomic mass is 9.81. The number of benzene rings is 3. The maximum absolute atomic E-state index is 13.1. The van der Waals surface area contributed by atoms with E-state index >= 15 is 0 Å². The summed E-state index contributed by atoms with van der Waals surface area (Å²) in [5.74, 6) is -0.0721. The number of carbonyl (C=O) groups excluding carboxylic acids is 1. The predicted molar refractivity (Wildman–Crippen MR) is 146 cm³/mol. The largest absolute Gasteiger partial charge is 0.448 e. The molecule has 1 aromatic heterocycles. The van der Waals surface area contributed by atoms with Crippen molar-refractivity contribution in [1.82, 2.24) is 0 Å². The van der Waals surface area contributed by atoms with Crippen LogP contribution in [0.3, 0.4) is 0 Å². The molecule has 0 radical (unpaired) electrons. The molecule has 38 heavy (non-hydrogen) atoms. The molecule has 4 aromatic rings. The van der Waals surface area contributed by atoms with Gasteiger partial charge < -0.3 is 19.6 Å². The second kappa shape index (κ2) is 9.11. The summed E-state index contributed by atoms with van der Waals surface area (Å²) in [7, 11) is 0. The molecule has 1 unspecified atom stereocenters. The SMILES string of the molecule is Cc1ccc2c(C)c(C(=O)Oc3ccc4c(c3)OC(N)=C(C#N)C4c3ccc(C(C)(C)C)cc3)oc2c1C. The van der Waals surface area contributed by atoms with E-state index in [0.717, 1.165) is 33.2 Å². The fourth-order valence-electron chi connectivity index (χ4n) is 4.88. The van der Waals surface area contributed by atoms with Gasteiger partial charge >= 0.3 is 5.97 Å². The highest BCUT2D eigenvalue weighted by Crippen LogP contribution is 2.44. The molecule has 6 heteroatoms. The van der Waals surface area contributed by atoms with Crippen LogP contribution in [0.2, 0.25) is 0 Å². The summed E-state index contributed by atoms with van der Waals surface area (Å²) in [6, 6.07) is 19.5. The van der Waals surface area contributed by atoms with Gasteiger partial charge in [-0.2, -0.15) is 5.26 Å². The summed E-state index contributed by atoms with van der Waals surface area (Å²) in [5.41, 5.74) is 12.9. The van der Waals surface area contributed by atoms with Crippen LogP contribution in [0.1, 0.15) is 70.6 Å². The van der Waals surface area contributed by atoms with Crippen LogP contribution in [0, 0.1) is 32.1 Å². The van der Waals surface area contributed by atoms with Crippen molar-refractivity contribution in [2.45, 2.75) is 52.9 Å². The summed E-state index contributed by atoms with van der Waals surface area (Å²) in [5, 5.41) is 10.8. The Morgan fingerprint density at radius 2 is 1.71 bits per heavy atom. The number of nitrogens with two attached hydrogens (primary N) is 1. The number of nitriles is 1. The molecule has 1 aliphatic heterocycles. The van der Waals surface area contributed by atoms with Crippen LogP contribution in [0.15, 0.2) is 70.5 Å². The van der Waals surface area contributed by atoms with E-state index in [0.29, 0.717) is 16.9 Å². The van der Waals surface area contributed by atoms with Crippen molar-refractivity contribution in [1.29, 1.82) is 5.26 Å². The third-order valence-electron chi connectivity index (χ3n) is 7.32. The van der Waals surface area contributed by atoms with E-state index in [9.17, 15) is 10.1 Å². The van der Waals surface area contributed by atoms with Crippen LogP contribution in [0.5, 0.6) is 11.5 Å². The van der Waals surface area contributed by atoms with E-state index in [1.54, 1.807) is 12.1 Å². The second-order valence-electron chi connectivity index (χ2n) is 10.8. The maximum atomic E-state index is 13.1. The average Bonchev–Trinajstić information content (AvgIpc) is 3.22. The van der Waals surface area contributed by atoms with Gasteiger partial charge in [-0.15, -0.1) is 0 Å². The van der Waals surface area contributed by atoms with Crippen molar-refractivity contribution in [2.75, 3.05) is 0 Å². The highest BCUT2D eigenvalue weighted by atomic mass is 16.5. The number of furan rings is 1. The highest BCUT2D eigenvalue weighted by molar-refractivity contribution is 5.98. The van der Waals surface area contributed by atoms with Crippen LogP contribution in [0.4, 0.5) is 0 Å². The molecule has 6 nitrogen and oxygen atoms in total. The fraction of sp³-hybridized carbons (Fsp3) is 0.250. The van der Waals surface area contributed by atoms with Crippen molar-refractivity contribution in [3.63, 3.8) is 0 Å². The molecular weight excluding hydrogens is 476 g/mol. The third-order valence-corrected chi connectivity index (χ3v) is 7.32. The Labute approximate surface area is 222 Å². The molecule has 1 aliphatic rings. The molecule has 0 fully saturated rings. The Hall–Kier alpha value is -4.50. The lowest BCUT2D eigenvalue weighted by Gasteiger charge is -2.27. The Balaban J connectivity index is 1.48. The minimum atomic E-state index is -0.595. The van der Waals surface area contributed by atoms with Gasteiger partial charge in [0.25, 0.3) is 0 Å². The van der Waals surface area contributed by atoms with Gasteiger partial charge in [0.2, 0.25) is 11.6 Å². The number of esters is 1. The number of carbonyl (C=O) groups is 1. The number of fused-ring (bicyclic) bond motifs is 2. The van der Waals surface area contributed by atoms with Gasteiger partial charge in [-0.3, -0.25) is 0 Å². The molecule has 0 saturated heterocycles. The van der Waals surface area contributed by atoms with Gasteiger partial charge in [-0.05, 0) is 54.5 Å². The molecular formula is C32H30N2O4. The van der Waals surface area contributed by atoms with E-state index < -0.39 is 11.9 Å². The quantitative estimate of drug-likeness (QED) is 0.235. The van der Waals surface area contributed by atoms with Crippen molar-refractivity contribution in [2.24, 2.45) is 5.73 Å². The second-order valence-corrected chi connectivity index (χ2v) is 10.8. The van der Waals surface area contributed by atoms with Crippen molar-refractivity contribution >= 4 is 16.9 Å². The molecule has 2 heterocycles. The summed E-state index contributed by atoms with van der Waals surface area (Å²) < 4.78 is 17.5. The number of aryl methyl sites for hydroxylation is 3. The lowest BCUT2D eigenvalue weighted by molar-refractivity contribution is 0.0702. The topological polar surface area (TPSA) is 98.5 Å². The normalized spacial score (nSPS) is 15.1. The molecule has 0 saturated carbocycles. The minimum Gasteiger partial charge on any atom is -0.448 e. The summed E-state index contributed by atoms with van der Waals surface area (Å²) in [6.07, 6.45) is 0. The zero-order chi connectivity index (χ0) is 27.4. The van der Waals surface area contributed by atoms with E-state index in [1.807, 2.05) is 51.1 Å². The number of nitrogens with zero attached hydrogens (tertiary/aromatic N) is 1. The number of ether oxygens (including phenoxy) is 2. The number of hydrogen-bond donors (Lipinski definition) is 1. The first-order valence-electron chi connectivity index (χ1n) is 12.5. The Morgan fingerprint density at radius 3 is 2.37 bits per heavy atom. The van der Waals surface area contributed by atoms with Crippen molar-refractivity contribution in [3.05, 3.63) is 105 Å². The number of rotatable bonds is 3. The molecule has 1 atom stereocenters. The maximum Gasteiger partial charge on any atom is 0.379 e. The van der Waals surface area contributed by atoms with Crippen LogP contribution in [-0.2, 0) is 5.41 Å². The van der Waals surface area contributed by atoms with E-state index in [4.69, 9.17) is 19.6 Å². The zero-order valence-electron chi connectivity index (χ0n) is 22.4. The van der Waals surface area contributed by atoms with Crippen LogP contribution in [-0.4, -0.2) is 5.97 Å². The highest BCUT2D eigenvalue weighted by Gasteiger charge is 2.31. The first-order chi connectivity index (χ1) is 18.0. The van der Waals surface area contributed by atoms with Gasteiger partial charge in [0.15, 0.2) is 0 Å². The van der Waals surface area contributed by atoms with Crippen LogP contribution < -0.4 is 15.2 Å². The monoisotopic (exact) mass is 506 g/mol. The standard InChI is InChI=1S/C32H30N2O4/c1-17-7-13-23-19(3)29(38-28(23)18(17)2)31(35)36-22-12-14-24-26(15-22)37-30(34)25(16-33)27(24)20-8-10-21(11-9-20)32(4,5)6/h7-15,27H,34H2,1-6H3. The molecule has 2 N–H and O–H groups in total. The summed E-state index contributed by atoms with van der Waals surface area (Å²) in [6.45, 7) is 12.3. The smallest absolute Gasteiger partial charge is 0.379 e. The van der Waals surface area contributed by atoms with Gasteiger partial charge in [0.05, 0.1) is 5.92 Å². The molecule has 3 aromatic carbocycles. The van der Waals surface area contributed by atoms with Crippen molar-refractivity contribution in [3.8, 4) is 17.6 Å². The molecule has 5 rings (SSSR count). The van der Waals surface area contributed by atoms with E-state index in [2.05, 4.69) is 39.0 Å². The Kier molecular flexibility index (Phi) is 6.03. The number of allylic oxidation sites excluding steroid dienone is 1. The summed E-state index contributed by atoms with van der Waals surface area (Å²) >= 11 is 0. The predicted octanol–water partition coefficient (Wildman–Crippen LogP) is 7.09. The first kappa shape index (κ1) is 25.2. The van der Waals surface area contributed by atoms with Gasteiger partial charge in [0.1, 0.15) is 28.7 Å². The number of hydrogen-bond acceptors (Lipinski definition) is 6. The molecule has 192 valence electrons. The molecule has 0 spiro atoms.